The molecule has 0 aromatic carbocycles. The molecule has 1 N–H and O–H groups in total. The van der Waals surface area contributed by atoms with Crippen molar-refractivity contribution in [3.8, 4) is 0 Å². The average Bonchev–Trinajstić information content (AvgIpc) is 2.58. The van der Waals surface area contributed by atoms with Crippen LogP contribution in [0.2, 0.25) is 0 Å². The van der Waals surface area contributed by atoms with Crippen molar-refractivity contribution in [1.29, 1.82) is 0 Å². The first-order valence-electron chi connectivity index (χ1n) is 5.78. The van der Waals surface area contributed by atoms with E-state index in [1.54, 1.807) is 0 Å². The zero-order valence-corrected chi connectivity index (χ0v) is 10.3. The molecule has 0 radical (unpaired) electrons. The maximum absolute atomic E-state index is 4.29. The third-order valence-electron chi connectivity index (χ3n) is 3.05. The van der Waals surface area contributed by atoms with Crippen molar-refractivity contribution >= 4 is 0 Å². The summed E-state index contributed by atoms with van der Waals surface area (Å²) in [5.41, 5.74) is 0. The van der Waals surface area contributed by atoms with Crippen LogP contribution in [0.5, 0.6) is 0 Å². The van der Waals surface area contributed by atoms with Gasteiger partial charge in [0.15, 0.2) is 0 Å². The van der Waals surface area contributed by atoms with Gasteiger partial charge in [-0.3, -0.25) is 0 Å². The van der Waals surface area contributed by atoms with Crippen LogP contribution in [-0.4, -0.2) is 22.6 Å². The van der Waals surface area contributed by atoms with Gasteiger partial charge in [-0.1, -0.05) is 20.8 Å². The molecule has 0 aliphatic heterocycles. The standard InChI is InChI=1S/C12H23N3/c1-10(2)11(3)9-13-6-5-12-14-7-8-15(12)4/h7-8,10-11,13H,5-6,9H2,1-4H3. The number of imidazole rings is 1. The second-order valence-electron chi connectivity index (χ2n) is 4.63. The molecule has 86 valence electrons. The number of aromatic nitrogens is 2. The van der Waals surface area contributed by atoms with Gasteiger partial charge in [0, 0.05) is 32.4 Å². The molecule has 0 spiro atoms. The normalized spacial score (nSPS) is 13.4. The summed E-state index contributed by atoms with van der Waals surface area (Å²) in [4.78, 5) is 4.29. The molecule has 15 heavy (non-hydrogen) atoms. The maximum atomic E-state index is 4.29. The molecule has 1 aromatic rings. The van der Waals surface area contributed by atoms with Crippen molar-refractivity contribution < 1.29 is 0 Å². The minimum atomic E-state index is 0.742. The van der Waals surface area contributed by atoms with Crippen LogP contribution in [0.15, 0.2) is 12.4 Å². The lowest BCUT2D eigenvalue weighted by molar-refractivity contribution is 0.393. The molecule has 3 nitrogen and oxygen atoms in total. The van der Waals surface area contributed by atoms with Gasteiger partial charge in [0.2, 0.25) is 0 Å². The molecule has 3 heteroatoms. The second-order valence-corrected chi connectivity index (χ2v) is 4.63. The van der Waals surface area contributed by atoms with E-state index in [1.807, 2.05) is 19.4 Å². The van der Waals surface area contributed by atoms with Crippen LogP contribution in [0.3, 0.4) is 0 Å². The molecule has 0 amide bonds. The number of rotatable bonds is 6. The molecule has 0 bridgehead atoms. The Morgan fingerprint density at radius 3 is 2.67 bits per heavy atom. The monoisotopic (exact) mass is 209 g/mol. The molecule has 0 fully saturated rings. The van der Waals surface area contributed by atoms with Gasteiger partial charge < -0.3 is 9.88 Å². The zero-order valence-electron chi connectivity index (χ0n) is 10.3. The Morgan fingerprint density at radius 2 is 2.13 bits per heavy atom. The molecule has 1 rings (SSSR count). The van der Waals surface area contributed by atoms with Crippen LogP contribution in [0.25, 0.3) is 0 Å². The van der Waals surface area contributed by atoms with Crippen molar-refractivity contribution in [1.82, 2.24) is 14.9 Å². The summed E-state index contributed by atoms with van der Waals surface area (Å²) >= 11 is 0. The van der Waals surface area contributed by atoms with Crippen LogP contribution >= 0.6 is 0 Å². The summed E-state index contributed by atoms with van der Waals surface area (Å²) in [7, 11) is 2.04. The van der Waals surface area contributed by atoms with E-state index in [4.69, 9.17) is 0 Å². The summed E-state index contributed by atoms with van der Waals surface area (Å²) in [6, 6.07) is 0. The second kappa shape index (κ2) is 5.91. The number of nitrogens with zero attached hydrogens (tertiary/aromatic N) is 2. The lowest BCUT2D eigenvalue weighted by Gasteiger charge is -2.15. The van der Waals surface area contributed by atoms with Gasteiger partial charge in [-0.2, -0.15) is 0 Å². The number of nitrogens with one attached hydrogen (secondary N) is 1. The first-order valence-corrected chi connectivity index (χ1v) is 5.78. The van der Waals surface area contributed by atoms with E-state index < -0.39 is 0 Å². The lowest BCUT2D eigenvalue weighted by atomic mass is 9.98. The quantitative estimate of drug-likeness (QED) is 0.725. The van der Waals surface area contributed by atoms with E-state index in [2.05, 4.69) is 35.6 Å². The zero-order chi connectivity index (χ0) is 11.3. The van der Waals surface area contributed by atoms with E-state index in [1.165, 1.54) is 0 Å². The minimum absolute atomic E-state index is 0.742. The van der Waals surface area contributed by atoms with Gasteiger partial charge in [0.25, 0.3) is 0 Å². The largest absolute Gasteiger partial charge is 0.338 e. The third-order valence-corrected chi connectivity index (χ3v) is 3.05. The maximum Gasteiger partial charge on any atom is 0.109 e. The molecule has 1 aromatic heterocycles. The predicted octanol–water partition coefficient (Wildman–Crippen LogP) is 1.84. The molecule has 1 atom stereocenters. The van der Waals surface area contributed by atoms with Crippen LogP contribution in [0.1, 0.15) is 26.6 Å². The summed E-state index contributed by atoms with van der Waals surface area (Å²) in [5, 5.41) is 3.48. The third kappa shape index (κ3) is 4.04. The number of hydrogen-bond acceptors (Lipinski definition) is 2. The summed E-state index contributed by atoms with van der Waals surface area (Å²) in [6.45, 7) is 8.94. The fourth-order valence-corrected chi connectivity index (χ4v) is 1.40. The van der Waals surface area contributed by atoms with Crippen molar-refractivity contribution in [2.75, 3.05) is 13.1 Å². The molecule has 0 saturated heterocycles. The van der Waals surface area contributed by atoms with Gasteiger partial charge >= 0.3 is 0 Å². The minimum Gasteiger partial charge on any atom is -0.338 e. The van der Waals surface area contributed by atoms with Crippen LogP contribution in [-0.2, 0) is 13.5 Å². The van der Waals surface area contributed by atoms with E-state index in [0.29, 0.717) is 0 Å². The number of hydrogen-bond donors (Lipinski definition) is 1. The van der Waals surface area contributed by atoms with E-state index in [-0.39, 0.29) is 0 Å². The first kappa shape index (κ1) is 12.2. The smallest absolute Gasteiger partial charge is 0.109 e. The van der Waals surface area contributed by atoms with Crippen LogP contribution in [0.4, 0.5) is 0 Å². The van der Waals surface area contributed by atoms with Crippen molar-refractivity contribution in [2.45, 2.75) is 27.2 Å². The van der Waals surface area contributed by atoms with Gasteiger partial charge in [0.05, 0.1) is 0 Å². The fraction of sp³-hybridized carbons (Fsp3) is 0.750. The predicted molar refractivity (Wildman–Crippen MR) is 63.8 cm³/mol. The van der Waals surface area contributed by atoms with E-state index in [0.717, 1.165) is 37.2 Å². The molecule has 0 aliphatic rings. The molecule has 0 saturated carbocycles. The highest BCUT2D eigenvalue weighted by Crippen LogP contribution is 2.07. The molecule has 0 aliphatic carbocycles. The van der Waals surface area contributed by atoms with E-state index in [9.17, 15) is 0 Å². The Bertz CT molecular complexity index is 278. The summed E-state index contributed by atoms with van der Waals surface area (Å²) in [6.07, 6.45) is 4.85. The molecular weight excluding hydrogens is 186 g/mol. The summed E-state index contributed by atoms with van der Waals surface area (Å²) in [5.74, 6) is 2.65. The van der Waals surface area contributed by atoms with Gasteiger partial charge in [-0.05, 0) is 18.4 Å². The summed E-state index contributed by atoms with van der Waals surface area (Å²) < 4.78 is 2.08. The Hall–Kier alpha value is -0.830. The fourth-order valence-electron chi connectivity index (χ4n) is 1.40. The van der Waals surface area contributed by atoms with Gasteiger partial charge in [-0.15, -0.1) is 0 Å². The van der Waals surface area contributed by atoms with Gasteiger partial charge in [-0.25, -0.2) is 4.98 Å². The Morgan fingerprint density at radius 1 is 1.40 bits per heavy atom. The highest BCUT2D eigenvalue weighted by atomic mass is 15.0. The van der Waals surface area contributed by atoms with E-state index >= 15 is 0 Å². The van der Waals surface area contributed by atoms with Crippen LogP contribution in [0, 0.1) is 11.8 Å². The Labute approximate surface area is 92.9 Å². The highest BCUT2D eigenvalue weighted by molar-refractivity contribution is 4.91. The van der Waals surface area contributed by atoms with Crippen molar-refractivity contribution in [2.24, 2.45) is 18.9 Å². The highest BCUT2D eigenvalue weighted by Gasteiger charge is 2.06. The lowest BCUT2D eigenvalue weighted by Crippen LogP contribution is -2.26. The molecule has 1 heterocycles. The Kier molecular flexibility index (Phi) is 4.82. The first-order chi connectivity index (χ1) is 7.11. The SMILES string of the molecule is CC(C)C(C)CNCCc1nccn1C. The average molecular weight is 209 g/mol. The van der Waals surface area contributed by atoms with Gasteiger partial charge in [0.1, 0.15) is 5.82 Å². The van der Waals surface area contributed by atoms with Crippen molar-refractivity contribution in [3.63, 3.8) is 0 Å². The van der Waals surface area contributed by atoms with Crippen LogP contribution < -0.4 is 5.32 Å². The topological polar surface area (TPSA) is 29.9 Å². The number of aryl methyl sites for hydroxylation is 1. The molecular formula is C12H23N3. The molecule has 1 unspecified atom stereocenters. The Balaban J connectivity index is 2.15. The van der Waals surface area contributed by atoms with Crippen molar-refractivity contribution in [3.05, 3.63) is 18.2 Å².